The van der Waals surface area contributed by atoms with Gasteiger partial charge < -0.3 is 0 Å². The second kappa shape index (κ2) is 5.92. The van der Waals surface area contributed by atoms with Crippen LogP contribution in [0.1, 0.15) is 26.3 Å². The summed E-state index contributed by atoms with van der Waals surface area (Å²) in [5.74, 6) is 0.337. The molecular formula is C20H19FN2. The van der Waals surface area contributed by atoms with E-state index >= 15 is 0 Å². The smallest absolute Gasteiger partial charge is 0.159 e. The summed E-state index contributed by atoms with van der Waals surface area (Å²) in [5, 5.41) is 0. The fourth-order valence-electron chi connectivity index (χ4n) is 2.39. The van der Waals surface area contributed by atoms with Crippen molar-refractivity contribution in [2.75, 3.05) is 0 Å². The van der Waals surface area contributed by atoms with E-state index in [-0.39, 0.29) is 11.2 Å². The first-order valence-corrected chi connectivity index (χ1v) is 7.62. The van der Waals surface area contributed by atoms with Crippen LogP contribution in [-0.4, -0.2) is 9.97 Å². The van der Waals surface area contributed by atoms with E-state index in [1.165, 1.54) is 17.7 Å². The molecule has 0 fully saturated rings. The van der Waals surface area contributed by atoms with Gasteiger partial charge in [-0.2, -0.15) is 0 Å². The van der Waals surface area contributed by atoms with E-state index in [4.69, 9.17) is 0 Å². The average molecular weight is 306 g/mol. The molecule has 0 saturated carbocycles. The fraction of sp³-hybridized carbons (Fsp3) is 0.200. The summed E-state index contributed by atoms with van der Waals surface area (Å²) >= 11 is 0. The Labute approximate surface area is 136 Å². The Bertz CT molecular complexity index is 783. The Morgan fingerprint density at radius 3 is 1.74 bits per heavy atom. The maximum absolute atomic E-state index is 13.0. The second-order valence-electron chi connectivity index (χ2n) is 6.63. The van der Waals surface area contributed by atoms with Crippen LogP contribution in [-0.2, 0) is 5.41 Å². The van der Waals surface area contributed by atoms with Crippen LogP contribution in [0.15, 0.2) is 60.9 Å². The molecule has 116 valence electrons. The summed E-state index contributed by atoms with van der Waals surface area (Å²) < 4.78 is 13.0. The van der Waals surface area contributed by atoms with Crippen molar-refractivity contribution in [3.63, 3.8) is 0 Å². The predicted octanol–water partition coefficient (Wildman–Crippen LogP) is 5.25. The molecule has 0 aliphatic heterocycles. The highest BCUT2D eigenvalue weighted by molar-refractivity contribution is 5.64. The van der Waals surface area contributed by atoms with Crippen LogP contribution in [0.5, 0.6) is 0 Å². The monoisotopic (exact) mass is 306 g/mol. The van der Waals surface area contributed by atoms with Gasteiger partial charge in [0.1, 0.15) is 5.82 Å². The predicted molar refractivity (Wildman–Crippen MR) is 91.6 cm³/mol. The Balaban J connectivity index is 1.86. The van der Waals surface area contributed by atoms with Crippen LogP contribution < -0.4 is 0 Å². The molecule has 0 unspecified atom stereocenters. The summed E-state index contributed by atoms with van der Waals surface area (Å²) in [5.41, 5.74) is 4.30. The number of benzene rings is 2. The molecule has 1 heterocycles. The zero-order chi connectivity index (χ0) is 16.4. The molecule has 2 aromatic carbocycles. The highest BCUT2D eigenvalue weighted by atomic mass is 19.1. The summed E-state index contributed by atoms with van der Waals surface area (Å²) in [4.78, 5) is 8.79. The van der Waals surface area contributed by atoms with Crippen molar-refractivity contribution in [3.8, 4) is 22.5 Å². The van der Waals surface area contributed by atoms with Gasteiger partial charge in [0.2, 0.25) is 0 Å². The minimum Gasteiger partial charge on any atom is -0.236 e. The number of hydrogen-bond donors (Lipinski definition) is 0. The Kier molecular flexibility index (Phi) is 3.95. The van der Waals surface area contributed by atoms with Crippen molar-refractivity contribution in [2.45, 2.75) is 26.2 Å². The van der Waals surface area contributed by atoms with Gasteiger partial charge in [-0.1, -0.05) is 45.0 Å². The van der Waals surface area contributed by atoms with Gasteiger partial charge in [0.15, 0.2) is 5.82 Å². The maximum atomic E-state index is 13.0. The van der Waals surface area contributed by atoms with Crippen molar-refractivity contribution in [1.29, 1.82) is 0 Å². The third kappa shape index (κ3) is 3.45. The normalized spacial score (nSPS) is 11.5. The first kappa shape index (κ1) is 15.3. The minimum atomic E-state index is -0.260. The summed E-state index contributed by atoms with van der Waals surface area (Å²) in [7, 11) is 0. The molecule has 0 radical (unpaired) electrons. The molecule has 0 N–H and O–H groups in total. The molecule has 0 saturated heterocycles. The highest BCUT2D eigenvalue weighted by Crippen LogP contribution is 2.26. The van der Waals surface area contributed by atoms with E-state index in [2.05, 4.69) is 55.0 Å². The largest absolute Gasteiger partial charge is 0.236 e. The first-order valence-electron chi connectivity index (χ1n) is 7.62. The van der Waals surface area contributed by atoms with Gasteiger partial charge in [0.25, 0.3) is 0 Å². The highest BCUT2D eigenvalue weighted by Gasteiger charge is 2.13. The molecule has 3 rings (SSSR count). The first-order chi connectivity index (χ1) is 10.9. The molecule has 0 atom stereocenters. The number of nitrogens with zero attached hydrogens (tertiary/aromatic N) is 2. The molecule has 0 spiro atoms. The Morgan fingerprint density at radius 2 is 1.22 bits per heavy atom. The molecule has 1 aromatic heterocycles. The minimum absolute atomic E-state index is 0.140. The SMILES string of the molecule is CC(C)(C)c1ccc(-c2cnc(-c3ccc(F)cc3)nc2)cc1. The quantitative estimate of drug-likeness (QED) is 0.646. The Morgan fingerprint density at radius 1 is 0.696 bits per heavy atom. The maximum Gasteiger partial charge on any atom is 0.159 e. The lowest BCUT2D eigenvalue weighted by atomic mass is 9.86. The Hall–Kier alpha value is -2.55. The number of rotatable bonds is 2. The topological polar surface area (TPSA) is 25.8 Å². The molecular weight excluding hydrogens is 287 g/mol. The van der Waals surface area contributed by atoms with E-state index in [1.54, 1.807) is 24.5 Å². The van der Waals surface area contributed by atoms with E-state index in [1.807, 2.05) is 0 Å². The average Bonchev–Trinajstić information content (AvgIpc) is 2.55. The van der Waals surface area contributed by atoms with Gasteiger partial charge in [-0.3, -0.25) is 0 Å². The third-order valence-electron chi connectivity index (χ3n) is 3.84. The van der Waals surface area contributed by atoms with Crippen LogP contribution >= 0.6 is 0 Å². The summed E-state index contributed by atoms with van der Waals surface area (Å²) in [6.07, 6.45) is 3.61. The molecule has 0 aliphatic carbocycles. The zero-order valence-electron chi connectivity index (χ0n) is 13.5. The number of aromatic nitrogens is 2. The van der Waals surface area contributed by atoms with Crippen molar-refractivity contribution >= 4 is 0 Å². The van der Waals surface area contributed by atoms with Crippen LogP contribution in [0.25, 0.3) is 22.5 Å². The molecule has 23 heavy (non-hydrogen) atoms. The fourth-order valence-corrected chi connectivity index (χ4v) is 2.39. The van der Waals surface area contributed by atoms with Crippen LogP contribution in [0.3, 0.4) is 0 Å². The van der Waals surface area contributed by atoms with Crippen molar-refractivity contribution in [2.24, 2.45) is 0 Å². The van der Waals surface area contributed by atoms with E-state index in [0.717, 1.165) is 16.7 Å². The lowest BCUT2D eigenvalue weighted by molar-refractivity contribution is 0.590. The lowest BCUT2D eigenvalue weighted by Crippen LogP contribution is -2.10. The lowest BCUT2D eigenvalue weighted by Gasteiger charge is -2.19. The molecule has 0 bridgehead atoms. The van der Waals surface area contributed by atoms with Crippen molar-refractivity contribution in [3.05, 3.63) is 72.3 Å². The molecule has 0 aliphatic rings. The summed E-state index contributed by atoms with van der Waals surface area (Å²) in [6, 6.07) is 14.7. The second-order valence-corrected chi connectivity index (χ2v) is 6.63. The standard InChI is InChI=1S/C20H19FN2/c1-20(2,3)17-8-4-14(5-9-17)16-12-22-19(23-13-16)15-6-10-18(21)11-7-15/h4-13H,1-3H3. The van der Waals surface area contributed by atoms with Gasteiger partial charge in [-0.15, -0.1) is 0 Å². The van der Waals surface area contributed by atoms with Crippen molar-refractivity contribution in [1.82, 2.24) is 9.97 Å². The molecule has 0 amide bonds. The van der Waals surface area contributed by atoms with E-state index < -0.39 is 0 Å². The van der Waals surface area contributed by atoms with Crippen LogP contribution in [0.4, 0.5) is 4.39 Å². The van der Waals surface area contributed by atoms with Crippen LogP contribution in [0, 0.1) is 5.82 Å². The third-order valence-corrected chi connectivity index (χ3v) is 3.84. The van der Waals surface area contributed by atoms with Gasteiger partial charge in [-0.25, -0.2) is 14.4 Å². The molecule has 3 heteroatoms. The summed E-state index contributed by atoms with van der Waals surface area (Å²) in [6.45, 7) is 6.59. The van der Waals surface area contributed by atoms with Crippen molar-refractivity contribution < 1.29 is 4.39 Å². The van der Waals surface area contributed by atoms with Gasteiger partial charge >= 0.3 is 0 Å². The molecule has 3 aromatic rings. The molecule has 2 nitrogen and oxygen atoms in total. The van der Waals surface area contributed by atoms with Gasteiger partial charge in [0, 0.05) is 23.5 Å². The van der Waals surface area contributed by atoms with Crippen LogP contribution in [0.2, 0.25) is 0 Å². The number of hydrogen-bond acceptors (Lipinski definition) is 2. The van der Waals surface area contributed by atoms with Gasteiger partial charge in [0.05, 0.1) is 0 Å². The zero-order valence-corrected chi connectivity index (χ0v) is 13.5. The van der Waals surface area contributed by atoms with Gasteiger partial charge in [-0.05, 0) is 40.8 Å². The number of halogens is 1. The van der Waals surface area contributed by atoms with E-state index in [0.29, 0.717) is 5.82 Å². The van der Waals surface area contributed by atoms with E-state index in [9.17, 15) is 4.39 Å².